The summed E-state index contributed by atoms with van der Waals surface area (Å²) in [5.41, 5.74) is 4.07. The second-order valence-corrected chi connectivity index (χ2v) is 4.90. The van der Waals surface area contributed by atoms with Gasteiger partial charge < -0.3 is 15.4 Å². The number of H-pyrrole nitrogens is 1. The lowest BCUT2D eigenvalue weighted by molar-refractivity contribution is 0.0697. The number of nitrogens with zero attached hydrogens (tertiary/aromatic N) is 1. The van der Waals surface area contributed by atoms with E-state index in [2.05, 4.69) is 15.3 Å². The monoisotopic (exact) mass is 281 g/mol. The van der Waals surface area contributed by atoms with Gasteiger partial charge in [0.1, 0.15) is 5.65 Å². The zero-order chi connectivity index (χ0) is 14.8. The molecule has 21 heavy (non-hydrogen) atoms. The second-order valence-electron chi connectivity index (χ2n) is 4.90. The van der Waals surface area contributed by atoms with Crippen LogP contribution in [0.2, 0.25) is 0 Å². The smallest absolute Gasteiger partial charge is 0.335 e. The topological polar surface area (TPSA) is 78.0 Å². The highest BCUT2D eigenvalue weighted by Crippen LogP contribution is 2.20. The fourth-order valence-corrected chi connectivity index (χ4v) is 2.29. The van der Waals surface area contributed by atoms with Crippen molar-refractivity contribution in [3.63, 3.8) is 0 Å². The molecule has 0 saturated heterocycles. The lowest BCUT2D eigenvalue weighted by Crippen LogP contribution is -2.03. The van der Waals surface area contributed by atoms with E-state index >= 15 is 0 Å². The summed E-state index contributed by atoms with van der Waals surface area (Å²) in [5.74, 6) is -0.922. The van der Waals surface area contributed by atoms with Crippen molar-refractivity contribution in [1.82, 2.24) is 9.97 Å². The molecule has 0 amide bonds. The number of carbonyl (C=O) groups is 1. The maximum atomic E-state index is 11.0. The summed E-state index contributed by atoms with van der Waals surface area (Å²) < 4.78 is 0. The minimum Gasteiger partial charge on any atom is -0.478 e. The van der Waals surface area contributed by atoms with Crippen LogP contribution in [0.1, 0.15) is 21.5 Å². The van der Waals surface area contributed by atoms with E-state index in [1.165, 1.54) is 0 Å². The third kappa shape index (κ3) is 2.58. The van der Waals surface area contributed by atoms with Gasteiger partial charge in [-0.3, -0.25) is 0 Å². The third-order valence-corrected chi connectivity index (χ3v) is 3.49. The standard InChI is InChI=1S/C16H15N3O2/c1-10-4-5-11(16(20)21)7-14(10)18-8-12-9-19-15-13(12)3-2-6-17-15/h2-7,9,18H,8H2,1H3,(H,17,19)(H,20,21). The molecule has 0 unspecified atom stereocenters. The quantitative estimate of drug-likeness (QED) is 0.686. The number of aromatic nitrogens is 2. The molecule has 0 aliphatic carbocycles. The predicted octanol–water partition coefficient (Wildman–Crippen LogP) is 3.18. The van der Waals surface area contributed by atoms with Gasteiger partial charge in [-0.2, -0.15) is 0 Å². The van der Waals surface area contributed by atoms with Crippen LogP contribution in [-0.2, 0) is 6.54 Å². The maximum Gasteiger partial charge on any atom is 0.335 e. The maximum absolute atomic E-state index is 11.0. The van der Waals surface area contributed by atoms with Crippen LogP contribution in [0.15, 0.2) is 42.7 Å². The summed E-state index contributed by atoms with van der Waals surface area (Å²) in [6.45, 7) is 2.56. The van der Waals surface area contributed by atoms with Gasteiger partial charge in [-0.15, -0.1) is 0 Å². The normalized spacial score (nSPS) is 10.7. The Bertz CT molecular complexity index is 808. The summed E-state index contributed by atoms with van der Waals surface area (Å²) >= 11 is 0. The fraction of sp³-hybridized carbons (Fsp3) is 0.125. The van der Waals surface area contributed by atoms with Crippen molar-refractivity contribution < 1.29 is 9.90 Å². The molecule has 3 aromatic rings. The summed E-state index contributed by atoms with van der Waals surface area (Å²) in [4.78, 5) is 18.4. The molecule has 0 bridgehead atoms. The lowest BCUT2D eigenvalue weighted by atomic mass is 10.1. The van der Waals surface area contributed by atoms with Crippen molar-refractivity contribution in [3.05, 3.63) is 59.4 Å². The molecule has 0 saturated carbocycles. The zero-order valence-electron chi connectivity index (χ0n) is 11.6. The highest BCUT2D eigenvalue weighted by atomic mass is 16.4. The molecule has 0 aliphatic rings. The van der Waals surface area contributed by atoms with Gasteiger partial charge in [0.05, 0.1) is 5.56 Å². The van der Waals surface area contributed by atoms with Gasteiger partial charge in [-0.25, -0.2) is 9.78 Å². The van der Waals surface area contributed by atoms with Gasteiger partial charge in [0.25, 0.3) is 0 Å². The highest BCUT2D eigenvalue weighted by Gasteiger charge is 2.08. The molecule has 3 N–H and O–H groups in total. The van der Waals surface area contributed by atoms with Crippen LogP contribution < -0.4 is 5.32 Å². The van der Waals surface area contributed by atoms with Crippen molar-refractivity contribution in [2.75, 3.05) is 5.32 Å². The summed E-state index contributed by atoms with van der Waals surface area (Å²) in [7, 11) is 0. The number of nitrogens with one attached hydrogen (secondary N) is 2. The number of aromatic amines is 1. The molecule has 0 spiro atoms. The Hall–Kier alpha value is -2.82. The first-order valence-corrected chi connectivity index (χ1v) is 6.64. The van der Waals surface area contributed by atoms with Crippen LogP contribution in [0.4, 0.5) is 5.69 Å². The average Bonchev–Trinajstić information content (AvgIpc) is 2.89. The summed E-state index contributed by atoms with van der Waals surface area (Å²) in [6.07, 6.45) is 3.66. The number of pyridine rings is 1. The molecular formula is C16H15N3O2. The van der Waals surface area contributed by atoms with E-state index in [0.29, 0.717) is 6.54 Å². The number of aryl methyl sites for hydroxylation is 1. The van der Waals surface area contributed by atoms with Gasteiger partial charge in [-0.05, 0) is 42.3 Å². The van der Waals surface area contributed by atoms with E-state index in [-0.39, 0.29) is 5.56 Å². The van der Waals surface area contributed by atoms with Crippen LogP contribution in [0.3, 0.4) is 0 Å². The van der Waals surface area contributed by atoms with E-state index in [4.69, 9.17) is 5.11 Å². The second kappa shape index (κ2) is 5.28. The zero-order valence-corrected chi connectivity index (χ0v) is 11.6. The molecule has 2 aromatic heterocycles. The van der Waals surface area contributed by atoms with Crippen LogP contribution in [0.25, 0.3) is 11.0 Å². The molecule has 1 aromatic carbocycles. The van der Waals surface area contributed by atoms with E-state index in [1.807, 2.05) is 31.3 Å². The molecule has 0 radical (unpaired) electrons. The van der Waals surface area contributed by atoms with Gasteiger partial charge in [0.2, 0.25) is 0 Å². The van der Waals surface area contributed by atoms with Gasteiger partial charge in [-0.1, -0.05) is 6.07 Å². The molecule has 106 valence electrons. The molecular weight excluding hydrogens is 266 g/mol. The Balaban J connectivity index is 1.84. The van der Waals surface area contributed by atoms with Crippen LogP contribution >= 0.6 is 0 Å². The molecule has 5 heteroatoms. The largest absolute Gasteiger partial charge is 0.478 e. The highest BCUT2D eigenvalue weighted by molar-refractivity contribution is 5.89. The van der Waals surface area contributed by atoms with Crippen molar-refractivity contribution in [3.8, 4) is 0 Å². The minimum atomic E-state index is -0.922. The Morgan fingerprint density at radius 3 is 3.05 bits per heavy atom. The number of anilines is 1. The average molecular weight is 281 g/mol. The lowest BCUT2D eigenvalue weighted by Gasteiger charge is -2.10. The molecule has 0 aliphatic heterocycles. The predicted molar refractivity (Wildman–Crippen MR) is 81.6 cm³/mol. The number of fused-ring (bicyclic) bond motifs is 1. The number of hydrogen-bond acceptors (Lipinski definition) is 3. The summed E-state index contributed by atoms with van der Waals surface area (Å²) in [6, 6.07) is 8.98. The first-order valence-electron chi connectivity index (χ1n) is 6.64. The Morgan fingerprint density at radius 1 is 1.38 bits per heavy atom. The van der Waals surface area contributed by atoms with Crippen molar-refractivity contribution in [2.24, 2.45) is 0 Å². The Morgan fingerprint density at radius 2 is 2.24 bits per heavy atom. The van der Waals surface area contributed by atoms with E-state index < -0.39 is 5.97 Å². The van der Waals surface area contributed by atoms with Crippen molar-refractivity contribution in [1.29, 1.82) is 0 Å². The number of rotatable bonds is 4. The number of hydrogen-bond donors (Lipinski definition) is 3. The van der Waals surface area contributed by atoms with Crippen LogP contribution in [0.5, 0.6) is 0 Å². The first kappa shape index (κ1) is 13.2. The van der Waals surface area contributed by atoms with E-state index in [0.717, 1.165) is 27.8 Å². The number of carboxylic acid groups (broad SMARTS) is 1. The van der Waals surface area contributed by atoms with E-state index in [9.17, 15) is 4.79 Å². The number of benzene rings is 1. The molecule has 0 fully saturated rings. The Kier molecular flexibility index (Phi) is 3.31. The molecule has 3 rings (SSSR count). The van der Waals surface area contributed by atoms with Crippen LogP contribution in [0, 0.1) is 6.92 Å². The van der Waals surface area contributed by atoms with Crippen molar-refractivity contribution >= 4 is 22.7 Å². The number of aromatic carboxylic acids is 1. The minimum absolute atomic E-state index is 0.281. The Labute approximate surface area is 121 Å². The molecule has 5 nitrogen and oxygen atoms in total. The van der Waals surface area contributed by atoms with Crippen LogP contribution in [-0.4, -0.2) is 21.0 Å². The third-order valence-electron chi connectivity index (χ3n) is 3.49. The molecule has 0 atom stereocenters. The van der Waals surface area contributed by atoms with E-state index in [1.54, 1.807) is 18.3 Å². The van der Waals surface area contributed by atoms with Gasteiger partial charge in [0.15, 0.2) is 0 Å². The molecule has 2 heterocycles. The van der Waals surface area contributed by atoms with Crippen molar-refractivity contribution in [2.45, 2.75) is 13.5 Å². The fourth-order valence-electron chi connectivity index (χ4n) is 2.29. The SMILES string of the molecule is Cc1ccc(C(=O)O)cc1NCc1c[nH]c2ncccc12. The van der Waals surface area contributed by atoms with Gasteiger partial charge in [0, 0.05) is 30.0 Å². The number of carboxylic acids is 1. The first-order chi connectivity index (χ1) is 10.1. The van der Waals surface area contributed by atoms with Gasteiger partial charge >= 0.3 is 5.97 Å². The summed E-state index contributed by atoms with van der Waals surface area (Å²) in [5, 5.41) is 13.4.